The Balaban J connectivity index is 0.00000114. The molecule has 94 heavy (non-hydrogen) atoms. The van der Waals surface area contributed by atoms with Crippen molar-refractivity contribution in [1.29, 1.82) is 0 Å². The van der Waals surface area contributed by atoms with E-state index in [2.05, 4.69) is 38.7 Å². The van der Waals surface area contributed by atoms with E-state index in [4.69, 9.17) is 59.3 Å². The summed E-state index contributed by atoms with van der Waals surface area (Å²) in [7, 11) is 0. The van der Waals surface area contributed by atoms with Crippen LogP contribution in [0.2, 0.25) is 0 Å². The molecule has 4 aromatic carbocycles. The largest absolute Gasteiger partial charge is 0.508 e. The summed E-state index contributed by atoms with van der Waals surface area (Å²) in [5.74, 6) is 6.12. The van der Waals surface area contributed by atoms with Crippen molar-refractivity contribution < 1.29 is 63.2 Å². The summed E-state index contributed by atoms with van der Waals surface area (Å²) in [4.78, 5) is 22.4. The number of nitrogens with two attached hydrogens (primary N) is 1. The molecule has 538 valence electrons. The number of carbonyl (C=O) groups is 2. The van der Waals surface area contributed by atoms with Crippen LogP contribution in [0.4, 0.5) is 9.59 Å². The van der Waals surface area contributed by atoms with Crippen LogP contribution >= 0.6 is 28.3 Å². The van der Waals surface area contributed by atoms with Crippen LogP contribution in [0.5, 0.6) is 23.0 Å². The van der Waals surface area contributed by atoms with Crippen LogP contribution in [-0.2, 0) is 45.4 Å². The normalized spacial score (nSPS) is 14.9. The van der Waals surface area contributed by atoms with Crippen LogP contribution in [0.3, 0.4) is 0 Å². The number of ether oxygens (including phenoxy) is 7. The fourth-order valence-electron chi connectivity index (χ4n) is 10.4. The lowest BCUT2D eigenvalue weighted by molar-refractivity contribution is 0.0490. The Morgan fingerprint density at radius 1 is 0.500 bits per heavy atom. The fraction of sp³-hybridized carbons (Fsp3) is 0.658. The van der Waals surface area contributed by atoms with Crippen molar-refractivity contribution in [3.05, 3.63) is 119 Å². The van der Waals surface area contributed by atoms with Crippen molar-refractivity contribution in [2.45, 2.75) is 235 Å². The van der Waals surface area contributed by atoms with E-state index in [0.29, 0.717) is 52.0 Å². The van der Waals surface area contributed by atoms with Gasteiger partial charge in [-0.15, -0.1) is 12.4 Å². The first-order valence-electron chi connectivity index (χ1n) is 34.4. The molecule has 18 heteroatoms. The lowest BCUT2D eigenvalue weighted by atomic mass is 9.90. The second kappa shape index (κ2) is 56.2. The maximum Gasteiger partial charge on any atom is 0.407 e. The molecule has 0 atom stereocenters. The van der Waals surface area contributed by atoms with E-state index in [1.165, 1.54) is 140 Å². The minimum Gasteiger partial charge on any atom is -0.508 e. The van der Waals surface area contributed by atoms with Gasteiger partial charge in [-0.3, -0.25) is 0 Å². The third kappa shape index (κ3) is 48.8. The number of halogens is 2. The summed E-state index contributed by atoms with van der Waals surface area (Å²) < 4.78 is 38.9. The van der Waals surface area contributed by atoms with E-state index in [9.17, 15) is 9.59 Å². The van der Waals surface area contributed by atoms with Gasteiger partial charge in [0.25, 0.3) is 0 Å². The number of hydrogen-bond acceptors (Lipinski definition) is 14. The highest BCUT2D eigenvalue weighted by Gasteiger charge is 2.19. The first-order valence-corrected chi connectivity index (χ1v) is 35.5. The number of rotatable bonds is 23. The highest BCUT2D eigenvalue weighted by atomic mass is 79.9. The molecule has 0 heterocycles. The quantitative estimate of drug-likeness (QED) is 0.0271. The highest BCUT2D eigenvalue weighted by Crippen LogP contribution is 2.28. The van der Waals surface area contributed by atoms with E-state index < -0.39 is 17.3 Å². The predicted octanol–water partition coefficient (Wildman–Crippen LogP) is 17.8. The van der Waals surface area contributed by atoms with E-state index in [-0.39, 0.29) is 51.5 Å². The van der Waals surface area contributed by atoms with Crippen molar-refractivity contribution in [3.63, 3.8) is 0 Å². The summed E-state index contributed by atoms with van der Waals surface area (Å²) >= 11 is 3.51. The van der Waals surface area contributed by atoms with Crippen molar-refractivity contribution >= 4 is 40.5 Å². The molecule has 16 nitrogen and oxygen atoms in total. The molecule has 4 aliphatic carbocycles. The standard InChI is InChI=1S/C21H33NO4.C16H25NO2.C14H20O2.C8H17NO2.C7H13Br.C7H8O2.C2H6O.CH4.ClH/c1-21(2,3)26-20(23)22-12-13-24-15-18-10-7-11-19(14-18)25-16-17-8-5-4-6-9-17;17-9-10-18-12-15-7-4-8-16(11-15)19-13-14-5-2-1-3-6-14;15-10-13-7-4-8-14(9-13)16-11-12-5-2-1-3-6-12;1-5-6-9-7(10)11-8(2,3)4;8-6-7-4-2-1-3-5-7;8-5-6-2-1-3-7(9)4-6;1-2-3;;/h7,10-11,14,17H,4-6,8-9,12-13,15-16H2,1-3H3,(H,22,23);4,7-8,11,14H,1-3,5-6,9-10,12-13,17H2;4,7-9,12,15H,1-3,5-6,10-11H2;5-6H2,1-4H3,(H,9,10);7H,1-6H2;1-4,8-9H,5H2;3H,2H2,1H3;1H4;1H. The number of carbonyl (C=O) groups excluding carboxylic acids is 2. The lowest BCUT2D eigenvalue weighted by Gasteiger charge is -2.21. The van der Waals surface area contributed by atoms with E-state index in [1.807, 2.05) is 109 Å². The molecule has 4 aromatic rings. The number of aromatic hydroxyl groups is 1. The van der Waals surface area contributed by atoms with Gasteiger partial charge in [-0.2, -0.15) is 0 Å². The number of aliphatic hydroxyl groups excluding tert-OH is 3. The van der Waals surface area contributed by atoms with Gasteiger partial charge in [0.15, 0.2) is 0 Å². The Morgan fingerprint density at radius 3 is 1.15 bits per heavy atom. The van der Waals surface area contributed by atoms with Crippen LogP contribution < -0.4 is 30.6 Å². The van der Waals surface area contributed by atoms with Gasteiger partial charge in [0.2, 0.25) is 0 Å². The summed E-state index contributed by atoms with van der Waals surface area (Å²) in [6, 6.07) is 30.5. The average molecular weight is 1410 g/mol. The first kappa shape index (κ1) is 89.2. The molecule has 4 saturated carbocycles. The number of phenolic OH excluding ortho intramolecular Hbond substituents is 1. The molecular weight excluding hydrogens is 1280 g/mol. The zero-order valence-electron chi connectivity index (χ0n) is 58.1. The maximum absolute atomic E-state index is 11.5. The number of nitrogens with one attached hydrogen (secondary N) is 2. The molecule has 0 saturated heterocycles. The molecule has 0 spiro atoms. The van der Waals surface area contributed by atoms with Gasteiger partial charge < -0.3 is 70.0 Å². The van der Waals surface area contributed by atoms with Crippen LogP contribution in [-0.4, -0.2) is 108 Å². The SMILES string of the molecule is BrCC1CCCCC1.C.CC(C)(C)OC(=O)NCCOCc1cccc(OCC2CCCCC2)c1.CCCNC(=O)OC(C)(C)C.CCO.Cl.NCCOCc1cccc(OCC2CCCCC2)c1.OCc1cccc(O)c1.OCc1cccc(OCC2CCCCC2)c1. The monoisotopic (exact) mass is 1400 g/mol. The van der Waals surface area contributed by atoms with Crippen molar-refractivity contribution in [2.24, 2.45) is 29.4 Å². The molecule has 4 aliphatic rings. The van der Waals surface area contributed by atoms with Gasteiger partial charge in [-0.25, -0.2) is 9.59 Å². The van der Waals surface area contributed by atoms with Gasteiger partial charge in [0, 0.05) is 31.6 Å². The van der Waals surface area contributed by atoms with Crippen molar-refractivity contribution in [3.8, 4) is 23.0 Å². The number of benzene rings is 4. The molecule has 8 N–H and O–H groups in total. The minimum absolute atomic E-state index is 0. The predicted molar refractivity (Wildman–Crippen MR) is 390 cm³/mol. The highest BCUT2D eigenvalue weighted by molar-refractivity contribution is 9.09. The van der Waals surface area contributed by atoms with E-state index in [0.717, 1.165) is 83.5 Å². The summed E-state index contributed by atoms with van der Waals surface area (Å²) in [6.07, 6.45) is 27.6. The Morgan fingerprint density at radius 2 is 0.830 bits per heavy atom. The molecule has 0 aliphatic heterocycles. The second-order valence-electron chi connectivity index (χ2n) is 26.1. The molecule has 2 amide bonds. The van der Waals surface area contributed by atoms with Crippen LogP contribution in [0, 0.1) is 23.7 Å². The summed E-state index contributed by atoms with van der Waals surface area (Å²) in [5.41, 5.74) is 8.40. The number of amides is 2. The number of aliphatic hydroxyl groups is 3. The third-order valence-corrected chi connectivity index (χ3v) is 16.1. The number of hydrogen-bond donors (Lipinski definition) is 7. The smallest absolute Gasteiger partial charge is 0.407 e. The number of alkyl carbamates (subject to hydrolysis) is 2. The van der Waals surface area contributed by atoms with Gasteiger partial charge >= 0.3 is 12.2 Å². The lowest BCUT2D eigenvalue weighted by Crippen LogP contribution is -2.34. The Hall–Kier alpha value is -4.85. The molecule has 0 unspecified atom stereocenters. The van der Waals surface area contributed by atoms with Crippen LogP contribution in [0.25, 0.3) is 0 Å². The van der Waals surface area contributed by atoms with Crippen LogP contribution in [0.1, 0.15) is 220 Å². The Labute approximate surface area is 582 Å². The van der Waals surface area contributed by atoms with Gasteiger partial charge in [0.1, 0.15) is 34.2 Å². The topological polar surface area (TPSA) is 230 Å². The van der Waals surface area contributed by atoms with Crippen LogP contribution in [0.15, 0.2) is 97.1 Å². The average Bonchev–Trinajstić information content (AvgIpc) is 1.28. The summed E-state index contributed by atoms with van der Waals surface area (Å²) in [5, 5.41) is 40.5. The number of phenols is 1. The van der Waals surface area contributed by atoms with Crippen molar-refractivity contribution in [1.82, 2.24) is 10.6 Å². The molecule has 0 radical (unpaired) electrons. The Kier molecular flexibility index (Phi) is 53.3. The minimum atomic E-state index is -0.483. The van der Waals surface area contributed by atoms with E-state index in [1.54, 1.807) is 25.1 Å². The zero-order chi connectivity index (χ0) is 67.5. The first-order chi connectivity index (χ1) is 44.3. The zero-order valence-corrected chi connectivity index (χ0v) is 60.5. The van der Waals surface area contributed by atoms with Gasteiger partial charge in [-0.05, 0) is 201 Å². The fourth-order valence-corrected chi connectivity index (χ4v) is 11.1. The van der Waals surface area contributed by atoms with E-state index >= 15 is 0 Å². The second-order valence-corrected chi connectivity index (χ2v) is 26.7. The molecule has 8 rings (SSSR count). The molecule has 0 aromatic heterocycles. The number of alkyl halides is 1. The maximum atomic E-state index is 11.5. The Bertz CT molecular complexity index is 2440. The van der Waals surface area contributed by atoms with Crippen molar-refractivity contribution in [2.75, 3.05) is 64.6 Å². The molecule has 0 bridgehead atoms. The third-order valence-electron chi connectivity index (χ3n) is 15.2. The molecular formula is C76H127BrClN3O13. The van der Waals surface area contributed by atoms with Gasteiger partial charge in [0.05, 0.1) is 59.5 Å². The molecule has 4 fully saturated rings. The summed E-state index contributed by atoms with van der Waals surface area (Å²) in [6.45, 7) is 21.4. The van der Waals surface area contributed by atoms with Gasteiger partial charge in [-0.1, -0.05) is 156 Å².